The molecule has 0 fully saturated rings. The first-order chi connectivity index (χ1) is 6.69. The van der Waals surface area contributed by atoms with Crippen molar-refractivity contribution < 1.29 is 0 Å². The summed E-state index contributed by atoms with van der Waals surface area (Å²) in [6.45, 7) is 7.49. The number of allylic oxidation sites excluding steroid dienone is 1. The molecule has 0 aliphatic rings. The smallest absolute Gasteiger partial charge is 0.255 e. The van der Waals surface area contributed by atoms with E-state index in [1.54, 1.807) is 6.08 Å². The van der Waals surface area contributed by atoms with Gasteiger partial charge in [-0.25, -0.2) is 4.98 Å². The zero-order chi connectivity index (χ0) is 10.6. The van der Waals surface area contributed by atoms with Gasteiger partial charge in [0.1, 0.15) is 0 Å². The van der Waals surface area contributed by atoms with Gasteiger partial charge >= 0.3 is 0 Å². The third-order valence-electron chi connectivity index (χ3n) is 1.83. The number of aromatic amines is 1. The molecular formula is C10H14N2OS. The van der Waals surface area contributed by atoms with Gasteiger partial charge < -0.3 is 4.98 Å². The number of hydrogen-bond acceptors (Lipinski definition) is 3. The van der Waals surface area contributed by atoms with E-state index in [4.69, 9.17) is 0 Å². The maximum Gasteiger partial charge on any atom is 0.255 e. The van der Waals surface area contributed by atoms with Crippen molar-refractivity contribution in [1.82, 2.24) is 9.97 Å². The molecule has 4 heteroatoms. The van der Waals surface area contributed by atoms with Gasteiger partial charge in [0.2, 0.25) is 0 Å². The van der Waals surface area contributed by atoms with Crippen LogP contribution in [0, 0.1) is 6.92 Å². The molecule has 0 saturated carbocycles. The number of H-pyrrole nitrogens is 1. The predicted octanol–water partition coefficient (Wildman–Crippen LogP) is 1.92. The normalized spacial score (nSPS) is 10.1. The molecule has 0 unspecified atom stereocenters. The minimum Gasteiger partial charge on any atom is -0.301 e. The summed E-state index contributed by atoms with van der Waals surface area (Å²) in [5.41, 5.74) is 1.46. The van der Waals surface area contributed by atoms with Crippen molar-refractivity contribution in [1.29, 1.82) is 0 Å². The second-order valence-corrected chi connectivity index (χ2v) is 4.11. The first-order valence-corrected chi connectivity index (χ1v) is 5.51. The maximum absolute atomic E-state index is 11.6. The second kappa shape index (κ2) is 5.00. The Bertz CT molecular complexity index is 384. The average Bonchev–Trinajstić information content (AvgIpc) is 2.12. The molecule has 0 aliphatic carbocycles. The van der Waals surface area contributed by atoms with E-state index in [1.165, 1.54) is 11.8 Å². The molecule has 3 nitrogen and oxygen atoms in total. The third-order valence-corrected chi connectivity index (χ3v) is 2.59. The minimum absolute atomic E-state index is 0.0478. The van der Waals surface area contributed by atoms with Crippen LogP contribution in [-0.4, -0.2) is 15.7 Å². The highest BCUT2D eigenvalue weighted by molar-refractivity contribution is 7.99. The fourth-order valence-electron chi connectivity index (χ4n) is 1.17. The Balaban J connectivity index is 3.11. The summed E-state index contributed by atoms with van der Waals surface area (Å²) in [5, 5.41) is 0.697. The van der Waals surface area contributed by atoms with E-state index in [-0.39, 0.29) is 5.56 Å². The lowest BCUT2D eigenvalue weighted by Gasteiger charge is -2.03. The van der Waals surface area contributed by atoms with E-state index in [0.717, 1.165) is 11.4 Å². The molecule has 0 spiro atoms. The molecular weight excluding hydrogens is 196 g/mol. The Morgan fingerprint density at radius 3 is 2.86 bits per heavy atom. The molecule has 0 atom stereocenters. The Morgan fingerprint density at radius 2 is 2.36 bits per heavy atom. The van der Waals surface area contributed by atoms with Crippen molar-refractivity contribution in [2.24, 2.45) is 0 Å². The first kappa shape index (κ1) is 11.0. The summed E-state index contributed by atoms with van der Waals surface area (Å²) in [4.78, 5) is 18.6. The first-order valence-electron chi connectivity index (χ1n) is 4.52. The SMILES string of the molecule is C=CCc1c(C)nc(SCC)[nH]c1=O. The lowest BCUT2D eigenvalue weighted by Crippen LogP contribution is -2.16. The van der Waals surface area contributed by atoms with Crippen LogP contribution in [0.5, 0.6) is 0 Å². The Morgan fingerprint density at radius 1 is 1.64 bits per heavy atom. The standard InChI is InChI=1S/C10H14N2OS/c1-4-6-8-7(3)11-10(14-5-2)12-9(8)13/h4H,1,5-6H2,2-3H3,(H,11,12,13). The quantitative estimate of drug-likeness (QED) is 0.469. The van der Waals surface area contributed by atoms with E-state index in [9.17, 15) is 4.79 Å². The van der Waals surface area contributed by atoms with Gasteiger partial charge in [0.25, 0.3) is 5.56 Å². The van der Waals surface area contributed by atoms with Crippen molar-refractivity contribution in [2.75, 3.05) is 5.75 Å². The van der Waals surface area contributed by atoms with Crippen LogP contribution in [-0.2, 0) is 6.42 Å². The van der Waals surface area contributed by atoms with Gasteiger partial charge in [0, 0.05) is 11.3 Å². The van der Waals surface area contributed by atoms with Crippen LogP contribution in [0.25, 0.3) is 0 Å². The highest BCUT2D eigenvalue weighted by Gasteiger charge is 2.05. The number of aryl methyl sites for hydroxylation is 1. The number of rotatable bonds is 4. The molecule has 1 heterocycles. The topological polar surface area (TPSA) is 45.8 Å². The summed E-state index contributed by atoms with van der Waals surface area (Å²) in [5.74, 6) is 0.906. The molecule has 0 amide bonds. The maximum atomic E-state index is 11.6. The van der Waals surface area contributed by atoms with Gasteiger partial charge in [0.05, 0.1) is 0 Å². The monoisotopic (exact) mass is 210 g/mol. The average molecular weight is 210 g/mol. The van der Waals surface area contributed by atoms with Crippen molar-refractivity contribution >= 4 is 11.8 Å². The van der Waals surface area contributed by atoms with Crippen molar-refractivity contribution in [3.05, 3.63) is 34.3 Å². The number of aromatic nitrogens is 2. The lowest BCUT2D eigenvalue weighted by atomic mass is 10.2. The van der Waals surface area contributed by atoms with Crippen molar-refractivity contribution in [3.63, 3.8) is 0 Å². The number of nitrogens with zero attached hydrogens (tertiary/aromatic N) is 1. The molecule has 0 radical (unpaired) electrons. The van der Waals surface area contributed by atoms with Gasteiger partial charge in [-0.1, -0.05) is 24.8 Å². The molecule has 76 valence electrons. The fourth-order valence-corrected chi connectivity index (χ4v) is 1.81. The molecule has 1 rings (SSSR count). The van der Waals surface area contributed by atoms with Gasteiger partial charge in [-0.2, -0.15) is 0 Å². The van der Waals surface area contributed by atoms with Crippen molar-refractivity contribution in [2.45, 2.75) is 25.4 Å². The summed E-state index contributed by atoms with van der Waals surface area (Å²) in [6, 6.07) is 0. The lowest BCUT2D eigenvalue weighted by molar-refractivity contribution is 0.871. The summed E-state index contributed by atoms with van der Waals surface area (Å²) >= 11 is 1.54. The minimum atomic E-state index is -0.0478. The molecule has 0 aliphatic heterocycles. The van der Waals surface area contributed by atoms with E-state index in [0.29, 0.717) is 17.1 Å². The van der Waals surface area contributed by atoms with Gasteiger partial charge in [0.15, 0.2) is 5.16 Å². The number of nitrogens with one attached hydrogen (secondary N) is 1. The third kappa shape index (κ3) is 2.48. The van der Waals surface area contributed by atoms with Crippen LogP contribution >= 0.6 is 11.8 Å². The van der Waals surface area contributed by atoms with Crippen LogP contribution < -0.4 is 5.56 Å². The molecule has 0 bridgehead atoms. The molecule has 1 aromatic rings. The van der Waals surface area contributed by atoms with Gasteiger partial charge in [-0.15, -0.1) is 6.58 Å². The zero-order valence-corrected chi connectivity index (χ0v) is 9.28. The Hall–Kier alpha value is -1.03. The zero-order valence-electron chi connectivity index (χ0n) is 8.46. The van der Waals surface area contributed by atoms with Crippen LogP contribution in [0.4, 0.5) is 0 Å². The summed E-state index contributed by atoms with van der Waals surface area (Å²) in [6.07, 6.45) is 2.29. The summed E-state index contributed by atoms with van der Waals surface area (Å²) < 4.78 is 0. The molecule has 14 heavy (non-hydrogen) atoms. The van der Waals surface area contributed by atoms with Crippen molar-refractivity contribution in [3.8, 4) is 0 Å². The predicted molar refractivity (Wildman–Crippen MR) is 59.9 cm³/mol. The van der Waals surface area contributed by atoms with E-state index in [2.05, 4.69) is 16.5 Å². The second-order valence-electron chi connectivity index (χ2n) is 2.86. The van der Waals surface area contributed by atoms with Gasteiger partial charge in [-0.05, 0) is 19.1 Å². The molecule has 0 aromatic carbocycles. The van der Waals surface area contributed by atoms with Crippen LogP contribution in [0.3, 0.4) is 0 Å². The fraction of sp³-hybridized carbons (Fsp3) is 0.400. The number of hydrogen-bond donors (Lipinski definition) is 1. The van der Waals surface area contributed by atoms with Crippen LogP contribution in [0.15, 0.2) is 22.6 Å². The summed E-state index contributed by atoms with van der Waals surface area (Å²) in [7, 11) is 0. The van der Waals surface area contributed by atoms with E-state index >= 15 is 0 Å². The molecule has 0 saturated heterocycles. The highest BCUT2D eigenvalue weighted by Crippen LogP contribution is 2.11. The van der Waals surface area contributed by atoms with E-state index in [1.807, 2.05) is 13.8 Å². The highest BCUT2D eigenvalue weighted by atomic mass is 32.2. The van der Waals surface area contributed by atoms with Crippen LogP contribution in [0.1, 0.15) is 18.2 Å². The van der Waals surface area contributed by atoms with Crippen LogP contribution in [0.2, 0.25) is 0 Å². The van der Waals surface area contributed by atoms with Gasteiger partial charge in [-0.3, -0.25) is 4.79 Å². The molecule has 1 aromatic heterocycles. The number of thioether (sulfide) groups is 1. The Kier molecular flexibility index (Phi) is 3.95. The Labute approximate surface area is 87.7 Å². The largest absolute Gasteiger partial charge is 0.301 e. The van der Waals surface area contributed by atoms with E-state index < -0.39 is 0 Å². The molecule has 1 N–H and O–H groups in total.